The third-order valence-corrected chi connectivity index (χ3v) is 5.36. The van der Waals surface area contributed by atoms with E-state index in [1.54, 1.807) is 5.57 Å². The number of allylic oxidation sites excluding steroid dienone is 1. The van der Waals surface area contributed by atoms with Gasteiger partial charge in [-0.2, -0.15) is 0 Å². The van der Waals surface area contributed by atoms with E-state index >= 15 is 0 Å². The maximum Gasteiger partial charge on any atom is 0.254 e. The molecule has 1 amide bonds. The smallest absolute Gasteiger partial charge is 0.254 e. The number of fused-ring (bicyclic) bond motifs is 2. The fraction of sp³-hybridized carbons (Fsp3) is 0.550. The average Bonchev–Trinajstić information content (AvgIpc) is 3.32. The minimum atomic E-state index is 0.200. The number of carbonyl (C=O) groups excluding carboxylic acids is 1. The van der Waals surface area contributed by atoms with Crippen LogP contribution in [0.1, 0.15) is 55.8 Å². The Kier molecular flexibility index (Phi) is 3.88. The third kappa shape index (κ3) is 3.01. The van der Waals surface area contributed by atoms with E-state index in [1.165, 1.54) is 12.8 Å². The zero-order valence-corrected chi connectivity index (χ0v) is 13.8. The Morgan fingerprint density at radius 1 is 1.13 bits per heavy atom. The second kappa shape index (κ2) is 6.03. The predicted octanol–water partition coefficient (Wildman–Crippen LogP) is 4.19. The van der Waals surface area contributed by atoms with E-state index in [0.717, 1.165) is 42.9 Å². The number of carbonyl (C=O) groups is 1. The van der Waals surface area contributed by atoms with Gasteiger partial charge in [0.2, 0.25) is 0 Å². The van der Waals surface area contributed by atoms with Crippen LogP contribution in [-0.2, 0) is 0 Å². The zero-order chi connectivity index (χ0) is 15.8. The molecule has 2 aliphatic heterocycles. The van der Waals surface area contributed by atoms with Gasteiger partial charge < -0.3 is 9.64 Å². The van der Waals surface area contributed by atoms with E-state index in [4.69, 9.17) is 4.74 Å². The first-order valence-corrected chi connectivity index (χ1v) is 8.99. The number of hydrogen-bond acceptors (Lipinski definition) is 2. The summed E-state index contributed by atoms with van der Waals surface area (Å²) >= 11 is 0. The number of rotatable bonds is 4. The monoisotopic (exact) mass is 311 g/mol. The van der Waals surface area contributed by atoms with Gasteiger partial charge in [0.1, 0.15) is 5.75 Å². The lowest BCUT2D eigenvalue weighted by Gasteiger charge is -2.36. The molecule has 0 N–H and O–H groups in total. The van der Waals surface area contributed by atoms with Crippen LogP contribution in [-0.4, -0.2) is 29.5 Å². The van der Waals surface area contributed by atoms with Crippen molar-refractivity contribution >= 4 is 5.91 Å². The molecule has 2 bridgehead atoms. The molecule has 23 heavy (non-hydrogen) atoms. The summed E-state index contributed by atoms with van der Waals surface area (Å²) in [6.07, 6.45) is 9.75. The van der Waals surface area contributed by atoms with Crippen molar-refractivity contribution in [2.75, 3.05) is 6.61 Å². The van der Waals surface area contributed by atoms with E-state index in [0.29, 0.717) is 18.7 Å². The molecule has 2 atom stereocenters. The van der Waals surface area contributed by atoms with Crippen LogP contribution in [0, 0.1) is 5.92 Å². The number of piperidine rings is 1. The van der Waals surface area contributed by atoms with E-state index in [-0.39, 0.29) is 5.91 Å². The van der Waals surface area contributed by atoms with Crippen LogP contribution in [0.4, 0.5) is 0 Å². The molecule has 3 aliphatic rings. The van der Waals surface area contributed by atoms with Gasteiger partial charge in [-0.05, 0) is 75.6 Å². The molecule has 4 rings (SSSR count). The molecule has 0 spiro atoms. The van der Waals surface area contributed by atoms with Crippen LogP contribution in [0.25, 0.3) is 0 Å². The van der Waals surface area contributed by atoms with Gasteiger partial charge in [0.05, 0.1) is 6.61 Å². The number of benzene rings is 1. The van der Waals surface area contributed by atoms with Gasteiger partial charge >= 0.3 is 0 Å². The van der Waals surface area contributed by atoms with Crippen LogP contribution in [0.5, 0.6) is 5.75 Å². The summed E-state index contributed by atoms with van der Waals surface area (Å²) < 4.78 is 5.47. The molecule has 1 saturated carbocycles. The standard InChI is InChI=1S/C20H25NO2/c1-2-23-19-9-5-16(6-10-19)20(22)21-17-7-8-18(21)13-15(12-17)11-14-3-4-14/h5-6,9-11,14,17-18H,2-4,7-8,12-13H2,1H3. The first-order valence-electron chi connectivity index (χ1n) is 8.99. The molecule has 3 fully saturated rings. The highest BCUT2D eigenvalue weighted by atomic mass is 16.5. The molecule has 1 aromatic carbocycles. The molecule has 0 radical (unpaired) electrons. The average molecular weight is 311 g/mol. The molecule has 1 aromatic rings. The SMILES string of the molecule is CCOc1ccc(C(=O)N2C3CCC2CC(=CC2CC2)C3)cc1. The Morgan fingerprint density at radius 3 is 2.35 bits per heavy atom. The lowest BCUT2D eigenvalue weighted by molar-refractivity contribution is 0.0634. The predicted molar refractivity (Wildman–Crippen MR) is 90.6 cm³/mol. The first kappa shape index (κ1) is 14.8. The summed E-state index contributed by atoms with van der Waals surface area (Å²) in [7, 11) is 0. The molecule has 1 aliphatic carbocycles. The fourth-order valence-electron chi connectivity index (χ4n) is 4.12. The summed E-state index contributed by atoms with van der Waals surface area (Å²) in [6, 6.07) is 8.45. The van der Waals surface area contributed by atoms with Crippen molar-refractivity contribution in [3.8, 4) is 5.75 Å². The first-order chi connectivity index (χ1) is 11.2. The van der Waals surface area contributed by atoms with Crippen molar-refractivity contribution in [3.05, 3.63) is 41.5 Å². The summed E-state index contributed by atoms with van der Waals surface area (Å²) in [4.78, 5) is 15.1. The minimum Gasteiger partial charge on any atom is -0.494 e. The fourth-order valence-corrected chi connectivity index (χ4v) is 4.12. The van der Waals surface area contributed by atoms with Gasteiger partial charge in [0, 0.05) is 17.6 Å². The number of amides is 1. The van der Waals surface area contributed by atoms with Gasteiger partial charge in [0.25, 0.3) is 5.91 Å². The van der Waals surface area contributed by atoms with E-state index in [2.05, 4.69) is 11.0 Å². The molecule has 3 nitrogen and oxygen atoms in total. The number of hydrogen-bond donors (Lipinski definition) is 0. The van der Waals surface area contributed by atoms with Crippen molar-refractivity contribution in [3.63, 3.8) is 0 Å². The lowest BCUT2D eigenvalue weighted by atomic mass is 9.94. The van der Waals surface area contributed by atoms with Gasteiger partial charge in [-0.1, -0.05) is 11.6 Å². The molecule has 2 saturated heterocycles. The molecule has 122 valence electrons. The van der Waals surface area contributed by atoms with Crippen LogP contribution >= 0.6 is 0 Å². The number of ether oxygens (including phenoxy) is 1. The molecule has 2 heterocycles. The van der Waals surface area contributed by atoms with Crippen LogP contribution in [0.2, 0.25) is 0 Å². The molecule has 3 heteroatoms. The van der Waals surface area contributed by atoms with Gasteiger partial charge in [-0.15, -0.1) is 0 Å². The van der Waals surface area contributed by atoms with Gasteiger partial charge in [-0.3, -0.25) is 4.79 Å². The quantitative estimate of drug-likeness (QED) is 0.780. The van der Waals surface area contributed by atoms with Gasteiger partial charge in [0.15, 0.2) is 0 Å². The van der Waals surface area contributed by atoms with Crippen molar-refractivity contribution in [1.82, 2.24) is 4.90 Å². The Morgan fingerprint density at radius 2 is 1.78 bits per heavy atom. The van der Waals surface area contributed by atoms with Crippen molar-refractivity contribution < 1.29 is 9.53 Å². The van der Waals surface area contributed by atoms with Crippen molar-refractivity contribution in [2.24, 2.45) is 5.92 Å². The lowest BCUT2D eigenvalue weighted by Crippen LogP contribution is -2.44. The Balaban J connectivity index is 1.48. The molecular formula is C20H25NO2. The Hall–Kier alpha value is -1.77. The minimum absolute atomic E-state index is 0.200. The maximum atomic E-state index is 12.9. The van der Waals surface area contributed by atoms with Crippen LogP contribution in [0.3, 0.4) is 0 Å². The van der Waals surface area contributed by atoms with Crippen molar-refractivity contribution in [2.45, 2.75) is 57.5 Å². The molecule has 2 unspecified atom stereocenters. The van der Waals surface area contributed by atoms with E-state index in [1.807, 2.05) is 31.2 Å². The maximum absolute atomic E-state index is 12.9. The summed E-state index contributed by atoms with van der Waals surface area (Å²) in [6.45, 7) is 2.62. The highest BCUT2D eigenvalue weighted by Gasteiger charge is 2.41. The molecular weight excluding hydrogens is 286 g/mol. The topological polar surface area (TPSA) is 29.5 Å². The second-order valence-corrected chi connectivity index (χ2v) is 7.13. The molecule has 0 aromatic heterocycles. The zero-order valence-electron chi connectivity index (χ0n) is 13.8. The second-order valence-electron chi connectivity index (χ2n) is 7.13. The van der Waals surface area contributed by atoms with E-state index in [9.17, 15) is 4.79 Å². The van der Waals surface area contributed by atoms with Gasteiger partial charge in [-0.25, -0.2) is 0 Å². The summed E-state index contributed by atoms with van der Waals surface area (Å²) in [5, 5.41) is 0. The van der Waals surface area contributed by atoms with E-state index < -0.39 is 0 Å². The number of nitrogens with zero attached hydrogens (tertiary/aromatic N) is 1. The summed E-state index contributed by atoms with van der Waals surface area (Å²) in [5.41, 5.74) is 2.40. The Bertz CT molecular complexity index is 599. The summed E-state index contributed by atoms with van der Waals surface area (Å²) in [5.74, 6) is 1.88. The highest BCUT2D eigenvalue weighted by molar-refractivity contribution is 5.95. The normalized spacial score (nSPS) is 26.3. The van der Waals surface area contributed by atoms with Crippen molar-refractivity contribution in [1.29, 1.82) is 0 Å². The largest absolute Gasteiger partial charge is 0.494 e. The van der Waals surface area contributed by atoms with Crippen LogP contribution < -0.4 is 4.74 Å². The third-order valence-electron chi connectivity index (χ3n) is 5.36. The van der Waals surface area contributed by atoms with Crippen LogP contribution in [0.15, 0.2) is 35.9 Å². The highest BCUT2D eigenvalue weighted by Crippen LogP contribution is 2.42. The Labute approximate surface area is 138 Å².